The molecule has 0 aromatic carbocycles. The SMILES string of the molecule is CN(C[C@@H]1CC[C@H](c2nc(-c3cnn(C)c3)cn3nccc23)C1)C(=O)OC(C)(C)C. The Morgan fingerprint density at radius 1 is 1.27 bits per heavy atom. The molecule has 0 aliphatic heterocycles. The molecular formula is C22H30N6O2. The monoisotopic (exact) mass is 410 g/mol. The average Bonchev–Trinajstić information content (AvgIpc) is 3.39. The van der Waals surface area contributed by atoms with E-state index >= 15 is 0 Å². The van der Waals surface area contributed by atoms with Crippen LogP contribution in [0.25, 0.3) is 16.8 Å². The summed E-state index contributed by atoms with van der Waals surface area (Å²) in [6.07, 6.45) is 10.4. The van der Waals surface area contributed by atoms with Gasteiger partial charge >= 0.3 is 6.09 Å². The van der Waals surface area contributed by atoms with Gasteiger partial charge in [0.05, 0.1) is 35.5 Å². The van der Waals surface area contributed by atoms with Crippen LogP contribution < -0.4 is 0 Å². The van der Waals surface area contributed by atoms with Gasteiger partial charge in [0.15, 0.2) is 0 Å². The van der Waals surface area contributed by atoms with Crippen molar-refractivity contribution in [3.05, 3.63) is 36.5 Å². The van der Waals surface area contributed by atoms with E-state index in [4.69, 9.17) is 9.72 Å². The zero-order valence-corrected chi connectivity index (χ0v) is 18.4. The number of aryl methyl sites for hydroxylation is 1. The first-order chi connectivity index (χ1) is 14.2. The quantitative estimate of drug-likeness (QED) is 0.652. The zero-order chi connectivity index (χ0) is 21.5. The largest absolute Gasteiger partial charge is 0.444 e. The Labute approximate surface area is 176 Å². The van der Waals surface area contributed by atoms with Crippen molar-refractivity contribution in [1.82, 2.24) is 29.3 Å². The first-order valence-electron chi connectivity index (χ1n) is 10.5. The van der Waals surface area contributed by atoms with Crippen molar-refractivity contribution in [2.24, 2.45) is 13.0 Å². The van der Waals surface area contributed by atoms with Crippen LogP contribution >= 0.6 is 0 Å². The van der Waals surface area contributed by atoms with Crippen LogP contribution in [0, 0.1) is 5.92 Å². The summed E-state index contributed by atoms with van der Waals surface area (Å²) in [5.41, 5.74) is 3.51. The van der Waals surface area contributed by atoms with E-state index in [2.05, 4.69) is 10.2 Å². The number of hydrogen-bond donors (Lipinski definition) is 0. The molecule has 1 amide bonds. The Balaban J connectivity index is 1.51. The number of fused-ring (bicyclic) bond motifs is 1. The number of carbonyl (C=O) groups is 1. The highest BCUT2D eigenvalue weighted by atomic mass is 16.6. The van der Waals surface area contributed by atoms with Crippen LogP contribution in [-0.4, -0.2) is 54.6 Å². The minimum Gasteiger partial charge on any atom is -0.444 e. The molecule has 0 radical (unpaired) electrons. The Bertz CT molecular complexity index is 1050. The molecule has 3 aromatic heterocycles. The topological polar surface area (TPSA) is 77.5 Å². The first-order valence-corrected chi connectivity index (χ1v) is 10.5. The van der Waals surface area contributed by atoms with Crippen LogP contribution in [-0.2, 0) is 11.8 Å². The second kappa shape index (κ2) is 7.74. The van der Waals surface area contributed by atoms with E-state index < -0.39 is 5.60 Å². The van der Waals surface area contributed by atoms with Gasteiger partial charge in [-0.25, -0.2) is 14.3 Å². The van der Waals surface area contributed by atoms with Gasteiger partial charge in [-0.3, -0.25) is 4.68 Å². The molecule has 160 valence electrons. The van der Waals surface area contributed by atoms with E-state index in [1.807, 2.05) is 70.2 Å². The highest BCUT2D eigenvalue weighted by molar-refractivity contribution is 5.67. The molecule has 3 heterocycles. The van der Waals surface area contributed by atoms with E-state index in [1.54, 1.807) is 9.58 Å². The molecular weight excluding hydrogens is 380 g/mol. The van der Waals surface area contributed by atoms with Crippen LogP contribution in [0.3, 0.4) is 0 Å². The van der Waals surface area contributed by atoms with Gasteiger partial charge in [-0.15, -0.1) is 0 Å². The van der Waals surface area contributed by atoms with Crippen LogP contribution in [0.1, 0.15) is 51.6 Å². The number of hydrogen-bond acceptors (Lipinski definition) is 5. The molecule has 30 heavy (non-hydrogen) atoms. The third kappa shape index (κ3) is 4.32. The Kier molecular flexibility index (Phi) is 5.26. The minimum atomic E-state index is -0.478. The van der Waals surface area contributed by atoms with Gasteiger partial charge < -0.3 is 9.64 Å². The van der Waals surface area contributed by atoms with E-state index in [1.165, 1.54) is 0 Å². The first kappa shape index (κ1) is 20.4. The molecule has 3 aromatic rings. The normalized spacial score (nSPS) is 19.4. The van der Waals surface area contributed by atoms with Gasteiger partial charge in [-0.05, 0) is 52.0 Å². The standard InChI is InChI=1S/C22H30N6O2/c1-22(2,3)30-21(29)26(4)12-15-6-7-16(10-15)20-19-8-9-23-28(19)14-18(25-20)17-11-24-27(5)13-17/h8-9,11,13-16H,6-7,10,12H2,1-5H3/t15-,16+/m1/s1. The Hall–Kier alpha value is -2.90. The zero-order valence-electron chi connectivity index (χ0n) is 18.4. The number of nitrogens with zero attached hydrogens (tertiary/aromatic N) is 6. The summed E-state index contributed by atoms with van der Waals surface area (Å²) in [6.45, 7) is 6.37. The van der Waals surface area contributed by atoms with Crippen molar-refractivity contribution in [3.8, 4) is 11.3 Å². The number of amides is 1. The third-order valence-electron chi connectivity index (χ3n) is 5.58. The second-order valence-corrected chi connectivity index (χ2v) is 9.31. The summed E-state index contributed by atoms with van der Waals surface area (Å²) >= 11 is 0. The molecule has 0 saturated heterocycles. The fourth-order valence-electron chi connectivity index (χ4n) is 4.24. The lowest BCUT2D eigenvalue weighted by Gasteiger charge is -2.26. The lowest BCUT2D eigenvalue weighted by molar-refractivity contribution is 0.0274. The molecule has 1 saturated carbocycles. The van der Waals surface area contributed by atoms with Crippen LogP contribution in [0.5, 0.6) is 0 Å². The molecule has 1 fully saturated rings. The fraction of sp³-hybridized carbons (Fsp3) is 0.545. The maximum Gasteiger partial charge on any atom is 0.410 e. The van der Waals surface area contributed by atoms with Gasteiger partial charge in [0.25, 0.3) is 0 Å². The molecule has 0 bridgehead atoms. The van der Waals surface area contributed by atoms with Crippen molar-refractivity contribution in [1.29, 1.82) is 0 Å². The van der Waals surface area contributed by atoms with Crippen LogP contribution in [0.2, 0.25) is 0 Å². The van der Waals surface area contributed by atoms with Crippen LogP contribution in [0.4, 0.5) is 4.79 Å². The Morgan fingerprint density at radius 3 is 2.77 bits per heavy atom. The highest BCUT2D eigenvalue weighted by Crippen LogP contribution is 2.40. The summed E-state index contributed by atoms with van der Waals surface area (Å²) < 4.78 is 9.18. The van der Waals surface area contributed by atoms with Crippen LogP contribution in [0.15, 0.2) is 30.9 Å². The number of ether oxygens (including phenoxy) is 1. The van der Waals surface area contributed by atoms with Crippen molar-refractivity contribution in [2.75, 3.05) is 13.6 Å². The van der Waals surface area contributed by atoms with E-state index in [0.29, 0.717) is 18.4 Å². The lowest BCUT2D eigenvalue weighted by Crippen LogP contribution is -2.36. The molecule has 8 heteroatoms. The fourth-order valence-corrected chi connectivity index (χ4v) is 4.24. The molecule has 1 aliphatic carbocycles. The summed E-state index contributed by atoms with van der Waals surface area (Å²) in [5, 5.41) is 8.72. The Morgan fingerprint density at radius 2 is 2.07 bits per heavy atom. The van der Waals surface area contributed by atoms with Crippen molar-refractivity contribution in [2.45, 2.75) is 51.6 Å². The third-order valence-corrected chi connectivity index (χ3v) is 5.58. The molecule has 1 aliphatic rings. The predicted molar refractivity (Wildman–Crippen MR) is 114 cm³/mol. The second-order valence-electron chi connectivity index (χ2n) is 9.31. The molecule has 0 N–H and O–H groups in total. The van der Waals surface area contributed by atoms with Gasteiger partial charge in [-0.2, -0.15) is 10.2 Å². The van der Waals surface area contributed by atoms with Crippen molar-refractivity contribution in [3.63, 3.8) is 0 Å². The summed E-state index contributed by atoms with van der Waals surface area (Å²) in [5.74, 6) is 0.775. The average molecular weight is 411 g/mol. The molecule has 0 spiro atoms. The maximum atomic E-state index is 12.3. The lowest BCUT2D eigenvalue weighted by atomic mass is 10.00. The summed E-state index contributed by atoms with van der Waals surface area (Å²) in [6, 6.07) is 2.02. The number of rotatable bonds is 4. The van der Waals surface area contributed by atoms with E-state index in [9.17, 15) is 4.79 Å². The molecule has 0 unspecified atom stereocenters. The van der Waals surface area contributed by atoms with Crippen molar-refractivity contribution < 1.29 is 9.53 Å². The maximum absolute atomic E-state index is 12.3. The summed E-state index contributed by atoms with van der Waals surface area (Å²) in [7, 11) is 3.72. The predicted octanol–water partition coefficient (Wildman–Crippen LogP) is 3.88. The van der Waals surface area contributed by atoms with Gasteiger partial charge in [0, 0.05) is 38.3 Å². The summed E-state index contributed by atoms with van der Waals surface area (Å²) in [4.78, 5) is 19.0. The smallest absolute Gasteiger partial charge is 0.410 e. The van der Waals surface area contributed by atoms with E-state index in [-0.39, 0.29) is 6.09 Å². The highest BCUT2D eigenvalue weighted by Gasteiger charge is 2.31. The number of carbonyl (C=O) groups excluding carboxylic acids is 1. The van der Waals surface area contributed by atoms with Gasteiger partial charge in [0.1, 0.15) is 5.60 Å². The number of aromatic nitrogens is 5. The van der Waals surface area contributed by atoms with E-state index in [0.717, 1.165) is 41.7 Å². The molecule has 2 atom stereocenters. The van der Waals surface area contributed by atoms with Crippen molar-refractivity contribution >= 4 is 11.6 Å². The van der Waals surface area contributed by atoms with Gasteiger partial charge in [0.2, 0.25) is 0 Å². The van der Waals surface area contributed by atoms with Gasteiger partial charge in [-0.1, -0.05) is 0 Å². The molecule has 4 rings (SSSR count). The minimum absolute atomic E-state index is 0.263. The molecule has 8 nitrogen and oxygen atoms in total.